The van der Waals surface area contributed by atoms with Gasteiger partial charge in [-0.3, -0.25) is 9.59 Å². The second-order valence-electron chi connectivity index (χ2n) is 5.27. The van der Waals surface area contributed by atoms with Crippen LogP contribution in [0.25, 0.3) is 0 Å². The summed E-state index contributed by atoms with van der Waals surface area (Å²) >= 11 is 5.10. The second kappa shape index (κ2) is 7.17. The molecule has 1 fully saturated rings. The Morgan fingerprint density at radius 1 is 1.24 bits per heavy atom. The zero-order chi connectivity index (χ0) is 15.2. The molecule has 1 aromatic rings. The number of nitrogens with one attached hydrogen (secondary N) is 2. The predicted octanol–water partition coefficient (Wildman–Crippen LogP) is 2.18. The first-order valence-electron chi connectivity index (χ1n) is 7.06. The van der Waals surface area contributed by atoms with Crippen LogP contribution in [0, 0.1) is 5.92 Å². The molecule has 0 saturated heterocycles. The lowest BCUT2D eigenvalue weighted by atomic mass is 10.0. The van der Waals surface area contributed by atoms with Crippen LogP contribution in [0.15, 0.2) is 24.3 Å². The van der Waals surface area contributed by atoms with Crippen molar-refractivity contribution in [3.05, 3.63) is 29.8 Å². The quantitative estimate of drug-likeness (QED) is 0.744. The van der Waals surface area contributed by atoms with Crippen LogP contribution < -0.4 is 16.4 Å². The highest BCUT2D eigenvalue weighted by Gasteiger charge is 2.19. The molecule has 0 spiro atoms. The van der Waals surface area contributed by atoms with Gasteiger partial charge < -0.3 is 16.4 Å². The van der Waals surface area contributed by atoms with E-state index in [4.69, 9.17) is 18.0 Å². The third-order valence-corrected chi connectivity index (χ3v) is 3.85. The van der Waals surface area contributed by atoms with Crippen LogP contribution in [0.3, 0.4) is 0 Å². The minimum Gasteiger partial charge on any atom is -0.366 e. The molecule has 0 unspecified atom stereocenters. The third kappa shape index (κ3) is 4.53. The van der Waals surface area contributed by atoms with Gasteiger partial charge in [0.1, 0.15) is 0 Å². The number of para-hydroxylation sites is 1. The molecular weight excluding hydrogens is 286 g/mol. The first-order chi connectivity index (χ1) is 10.1. The SMILES string of the molecule is NC(=O)c1ccccc1NC(=S)NC(=O)CC1CCCC1. The Balaban J connectivity index is 1.89. The molecule has 2 amide bonds. The van der Waals surface area contributed by atoms with E-state index in [9.17, 15) is 9.59 Å². The van der Waals surface area contributed by atoms with E-state index in [1.807, 2.05) is 0 Å². The summed E-state index contributed by atoms with van der Waals surface area (Å²) in [6.07, 6.45) is 5.12. The van der Waals surface area contributed by atoms with E-state index in [-0.39, 0.29) is 11.0 Å². The molecule has 5 nitrogen and oxygen atoms in total. The predicted molar refractivity (Wildman–Crippen MR) is 85.9 cm³/mol. The number of anilines is 1. The van der Waals surface area contributed by atoms with Gasteiger partial charge in [-0.15, -0.1) is 0 Å². The Morgan fingerprint density at radius 3 is 2.57 bits per heavy atom. The molecule has 0 heterocycles. The van der Waals surface area contributed by atoms with Crippen molar-refractivity contribution in [2.45, 2.75) is 32.1 Å². The fraction of sp³-hybridized carbons (Fsp3) is 0.400. The van der Waals surface area contributed by atoms with Gasteiger partial charge >= 0.3 is 0 Å². The number of primary amides is 1. The average Bonchev–Trinajstić information content (AvgIpc) is 2.91. The number of amides is 2. The lowest BCUT2D eigenvalue weighted by molar-refractivity contribution is -0.120. The van der Waals surface area contributed by atoms with Crippen molar-refractivity contribution in [2.24, 2.45) is 11.7 Å². The van der Waals surface area contributed by atoms with Gasteiger partial charge in [-0.1, -0.05) is 25.0 Å². The summed E-state index contributed by atoms with van der Waals surface area (Å²) in [5.74, 6) is -0.167. The van der Waals surface area contributed by atoms with Gasteiger partial charge in [0.15, 0.2) is 5.11 Å². The summed E-state index contributed by atoms with van der Waals surface area (Å²) < 4.78 is 0. The van der Waals surface area contributed by atoms with Crippen molar-refractivity contribution >= 4 is 34.8 Å². The molecule has 112 valence electrons. The van der Waals surface area contributed by atoms with Crippen LogP contribution in [-0.4, -0.2) is 16.9 Å². The van der Waals surface area contributed by atoms with Crippen LogP contribution in [0.4, 0.5) is 5.69 Å². The van der Waals surface area contributed by atoms with Gasteiger partial charge in [0.25, 0.3) is 5.91 Å². The minimum absolute atomic E-state index is 0.0871. The van der Waals surface area contributed by atoms with Gasteiger partial charge in [-0.05, 0) is 43.1 Å². The van der Waals surface area contributed by atoms with Gasteiger partial charge in [0, 0.05) is 6.42 Å². The van der Waals surface area contributed by atoms with E-state index in [0.29, 0.717) is 23.6 Å². The van der Waals surface area contributed by atoms with Crippen molar-refractivity contribution < 1.29 is 9.59 Å². The molecule has 4 N–H and O–H groups in total. The number of rotatable bonds is 4. The maximum atomic E-state index is 11.9. The zero-order valence-corrected chi connectivity index (χ0v) is 12.5. The fourth-order valence-electron chi connectivity index (χ4n) is 2.61. The van der Waals surface area contributed by atoms with Crippen molar-refractivity contribution in [2.75, 3.05) is 5.32 Å². The van der Waals surface area contributed by atoms with Crippen LogP contribution in [0.1, 0.15) is 42.5 Å². The largest absolute Gasteiger partial charge is 0.366 e. The minimum atomic E-state index is -0.543. The molecule has 2 rings (SSSR count). The topological polar surface area (TPSA) is 84.2 Å². The number of hydrogen-bond acceptors (Lipinski definition) is 3. The Bertz CT molecular complexity index is 554. The van der Waals surface area contributed by atoms with Crippen molar-refractivity contribution in [3.8, 4) is 0 Å². The maximum Gasteiger partial charge on any atom is 0.250 e. The van der Waals surface area contributed by atoms with E-state index in [1.54, 1.807) is 24.3 Å². The standard InChI is InChI=1S/C15H19N3O2S/c16-14(20)11-7-3-4-8-12(11)17-15(21)18-13(19)9-10-5-1-2-6-10/h3-4,7-8,10H,1-2,5-6,9H2,(H2,16,20)(H2,17,18,19,21). The fourth-order valence-corrected chi connectivity index (χ4v) is 2.84. The molecule has 0 bridgehead atoms. The van der Waals surface area contributed by atoms with Crippen molar-refractivity contribution in [3.63, 3.8) is 0 Å². The van der Waals surface area contributed by atoms with E-state index in [2.05, 4.69) is 10.6 Å². The van der Waals surface area contributed by atoms with Crippen molar-refractivity contribution in [1.82, 2.24) is 5.32 Å². The van der Waals surface area contributed by atoms with Crippen molar-refractivity contribution in [1.29, 1.82) is 0 Å². The van der Waals surface area contributed by atoms with Gasteiger partial charge in [-0.25, -0.2) is 0 Å². The van der Waals surface area contributed by atoms with Crippen LogP contribution >= 0.6 is 12.2 Å². The van der Waals surface area contributed by atoms with Gasteiger partial charge in [-0.2, -0.15) is 0 Å². The molecule has 1 aromatic carbocycles. The molecule has 1 saturated carbocycles. The highest BCUT2D eigenvalue weighted by atomic mass is 32.1. The monoisotopic (exact) mass is 305 g/mol. The van der Waals surface area contributed by atoms with E-state index < -0.39 is 5.91 Å². The van der Waals surface area contributed by atoms with E-state index >= 15 is 0 Å². The highest BCUT2D eigenvalue weighted by molar-refractivity contribution is 7.80. The smallest absolute Gasteiger partial charge is 0.250 e. The molecule has 0 aromatic heterocycles. The third-order valence-electron chi connectivity index (χ3n) is 3.64. The number of carbonyl (C=O) groups excluding carboxylic acids is 2. The van der Waals surface area contributed by atoms with Gasteiger partial charge in [0.05, 0.1) is 11.3 Å². The molecule has 1 aliphatic rings. The molecule has 1 aliphatic carbocycles. The number of nitrogens with two attached hydrogens (primary N) is 1. The molecule has 21 heavy (non-hydrogen) atoms. The first kappa shape index (κ1) is 15.4. The lowest BCUT2D eigenvalue weighted by Gasteiger charge is -2.13. The van der Waals surface area contributed by atoms with Gasteiger partial charge in [0.2, 0.25) is 5.91 Å². The molecular formula is C15H19N3O2S. The van der Waals surface area contributed by atoms with E-state index in [1.165, 1.54) is 12.8 Å². The summed E-state index contributed by atoms with van der Waals surface area (Å²) in [4.78, 5) is 23.2. The summed E-state index contributed by atoms with van der Waals surface area (Å²) in [7, 11) is 0. The molecule has 0 atom stereocenters. The number of hydrogen-bond donors (Lipinski definition) is 3. The van der Waals surface area contributed by atoms with Crippen LogP contribution in [0.2, 0.25) is 0 Å². The Kier molecular flexibility index (Phi) is 5.27. The zero-order valence-electron chi connectivity index (χ0n) is 11.7. The summed E-state index contributed by atoms with van der Waals surface area (Å²) in [5, 5.41) is 5.68. The average molecular weight is 305 g/mol. The number of benzene rings is 1. The van der Waals surface area contributed by atoms with E-state index in [0.717, 1.165) is 12.8 Å². The number of carbonyl (C=O) groups is 2. The normalized spacial score (nSPS) is 14.7. The highest BCUT2D eigenvalue weighted by Crippen LogP contribution is 2.27. The Morgan fingerprint density at radius 2 is 1.90 bits per heavy atom. The van der Waals surface area contributed by atoms with Crippen LogP contribution in [0.5, 0.6) is 0 Å². The molecule has 0 aliphatic heterocycles. The summed E-state index contributed by atoms with van der Waals surface area (Å²) in [5.41, 5.74) is 6.13. The maximum absolute atomic E-state index is 11.9. The summed E-state index contributed by atoms with van der Waals surface area (Å²) in [6.45, 7) is 0. The Hall–Kier alpha value is -1.95. The second-order valence-corrected chi connectivity index (χ2v) is 5.67. The number of thiocarbonyl (C=S) groups is 1. The van der Waals surface area contributed by atoms with Crippen LogP contribution in [-0.2, 0) is 4.79 Å². The Labute approximate surface area is 129 Å². The lowest BCUT2D eigenvalue weighted by Crippen LogP contribution is -2.35. The molecule has 0 radical (unpaired) electrons. The molecule has 6 heteroatoms. The first-order valence-corrected chi connectivity index (χ1v) is 7.46. The summed E-state index contributed by atoms with van der Waals surface area (Å²) in [6, 6.07) is 6.77.